The second kappa shape index (κ2) is 6.04. The van der Waals surface area contributed by atoms with Crippen molar-refractivity contribution in [2.45, 2.75) is 79.2 Å². The van der Waals surface area contributed by atoms with Gasteiger partial charge in [0.2, 0.25) is 0 Å². The highest BCUT2D eigenvalue weighted by atomic mass is 14.9. The Hall–Kier alpha value is -0.590. The number of aliphatic imine (C=N–C) groups is 1. The van der Waals surface area contributed by atoms with Gasteiger partial charge in [0, 0.05) is 17.0 Å². The molecule has 0 amide bonds. The van der Waals surface area contributed by atoms with Gasteiger partial charge in [-0.05, 0) is 32.1 Å². The summed E-state index contributed by atoms with van der Waals surface area (Å²) in [4.78, 5) is 5.25. The van der Waals surface area contributed by atoms with E-state index in [4.69, 9.17) is 4.99 Å². The molecule has 0 aromatic rings. The van der Waals surface area contributed by atoms with E-state index in [0.717, 1.165) is 12.8 Å². The van der Waals surface area contributed by atoms with Gasteiger partial charge in [-0.15, -0.1) is 0 Å². The summed E-state index contributed by atoms with van der Waals surface area (Å²) >= 11 is 0. The molecule has 0 aromatic carbocycles. The summed E-state index contributed by atoms with van der Waals surface area (Å²) < 4.78 is 0. The predicted octanol–water partition coefficient (Wildman–Crippen LogP) is 5.41. The molecule has 1 heteroatoms. The van der Waals surface area contributed by atoms with Crippen LogP contribution in [0.4, 0.5) is 0 Å². The van der Waals surface area contributed by atoms with E-state index in [0.29, 0.717) is 11.3 Å². The number of hydrogen-bond acceptors (Lipinski definition) is 1. The van der Waals surface area contributed by atoms with Crippen molar-refractivity contribution < 1.29 is 0 Å². The lowest BCUT2D eigenvalue weighted by Gasteiger charge is -2.42. The minimum absolute atomic E-state index is 0.117. The Bertz CT molecular complexity index is 323. The van der Waals surface area contributed by atoms with Crippen molar-refractivity contribution in [3.05, 3.63) is 12.2 Å². The van der Waals surface area contributed by atoms with Crippen LogP contribution in [-0.2, 0) is 0 Å². The highest BCUT2D eigenvalue weighted by Gasteiger charge is 2.40. The van der Waals surface area contributed by atoms with Gasteiger partial charge in [-0.1, -0.05) is 53.7 Å². The molecule has 2 atom stereocenters. The third-order valence-corrected chi connectivity index (χ3v) is 5.20. The van der Waals surface area contributed by atoms with Crippen LogP contribution in [0, 0.1) is 11.3 Å². The SMILES string of the molecule is CC/C(=N\C1(CC)C=CC1CC)C(C)(CC)CC. The first-order chi connectivity index (χ1) is 8.51. The first-order valence-electron chi connectivity index (χ1n) is 7.80. The van der Waals surface area contributed by atoms with Gasteiger partial charge in [0.05, 0.1) is 5.54 Å². The first-order valence-corrected chi connectivity index (χ1v) is 7.80. The zero-order valence-electron chi connectivity index (χ0n) is 13.2. The molecular weight excluding hydrogens is 218 g/mol. The molecule has 0 spiro atoms. The first kappa shape index (κ1) is 15.5. The molecule has 1 rings (SSSR count). The smallest absolute Gasteiger partial charge is 0.0846 e. The number of hydrogen-bond donors (Lipinski definition) is 0. The molecule has 0 heterocycles. The lowest BCUT2D eigenvalue weighted by Crippen LogP contribution is -2.41. The van der Waals surface area contributed by atoms with Crippen LogP contribution in [0.3, 0.4) is 0 Å². The molecule has 0 saturated heterocycles. The molecule has 104 valence electrons. The highest BCUT2D eigenvalue weighted by Crippen LogP contribution is 2.41. The minimum Gasteiger partial charge on any atom is -0.282 e. The standard InChI is InChI=1S/C17H31N/c1-7-14-12-13-17(14,11-5)18-15(8-2)16(6,9-3)10-4/h12-14H,7-11H2,1-6H3/b18-15+. The van der Waals surface area contributed by atoms with Crippen molar-refractivity contribution >= 4 is 5.71 Å². The maximum absolute atomic E-state index is 5.25. The van der Waals surface area contributed by atoms with Crippen LogP contribution in [0.25, 0.3) is 0 Å². The zero-order chi connectivity index (χ0) is 13.8. The Balaban J connectivity index is 3.08. The molecule has 0 N–H and O–H groups in total. The molecule has 1 aliphatic rings. The second-order valence-corrected chi connectivity index (χ2v) is 5.90. The van der Waals surface area contributed by atoms with Crippen molar-refractivity contribution in [1.82, 2.24) is 0 Å². The minimum atomic E-state index is 0.117. The molecule has 0 bridgehead atoms. The lowest BCUT2D eigenvalue weighted by molar-refractivity contribution is 0.324. The third kappa shape index (κ3) is 2.55. The topological polar surface area (TPSA) is 12.4 Å². The van der Waals surface area contributed by atoms with E-state index in [-0.39, 0.29) is 5.54 Å². The number of nitrogens with zero attached hydrogens (tertiary/aromatic N) is 1. The van der Waals surface area contributed by atoms with Crippen LogP contribution in [-0.4, -0.2) is 11.3 Å². The van der Waals surface area contributed by atoms with Crippen LogP contribution >= 0.6 is 0 Å². The summed E-state index contributed by atoms with van der Waals surface area (Å²) in [5, 5.41) is 0. The summed E-state index contributed by atoms with van der Waals surface area (Å²) in [6.07, 6.45) is 10.5. The molecule has 1 nitrogen and oxygen atoms in total. The van der Waals surface area contributed by atoms with Crippen LogP contribution in [0.15, 0.2) is 17.1 Å². The lowest BCUT2D eigenvalue weighted by atomic mass is 9.70. The van der Waals surface area contributed by atoms with Gasteiger partial charge in [-0.3, -0.25) is 4.99 Å². The van der Waals surface area contributed by atoms with Gasteiger partial charge in [0.25, 0.3) is 0 Å². The summed E-state index contributed by atoms with van der Waals surface area (Å²) in [5.74, 6) is 0.655. The summed E-state index contributed by atoms with van der Waals surface area (Å²) in [5.41, 5.74) is 1.83. The van der Waals surface area contributed by atoms with Crippen molar-refractivity contribution in [2.24, 2.45) is 16.3 Å². The molecule has 0 aliphatic heterocycles. The summed E-state index contributed by atoms with van der Waals surface area (Å²) in [7, 11) is 0. The van der Waals surface area contributed by atoms with Gasteiger partial charge in [-0.25, -0.2) is 0 Å². The van der Waals surface area contributed by atoms with Gasteiger partial charge < -0.3 is 0 Å². The molecule has 0 aromatic heterocycles. The third-order valence-electron chi connectivity index (χ3n) is 5.20. The Morgan fingerprint density at radius 3 is 2.06 bits per heavy atom. The van der Waals surface area contributed by atoms with E-state index >= 15 is 0 Å². The fraction of sp³-hybridized carbons (Fsp3) is 0.824. The van der Waals surface area contributed by atoms with Gasteiger partial charge in [0.1, 0.15) is 0 Å². The molecule has 0 saturated carbocycles. The Morgan fingerprint density at radius 2 is 1.78 bits per heavy atom. The maximum Gasteiger partial charge on any atom is 0.0846 e. The van der Waals surface area contributed by atoms with E-state index in [1.165, 1.54) is 25.0 Å². The molecule has 0 fully saturated rings. The molecular formula is C17H31N. The quantitative estimate of drug-likeness (QED) is 0.422. The second-order valence-electron chi connectivity index (χ2n) is 5.90. The van der Waals surface area contributed by atoms with E-state index < -0.39 is 0 Å². The average molecular weight is 249 g/mol. The fourth-order valence-corrected chi connectivity index (χ4v) is 3.07. The van der Waals surface area contributed by atoms with Crippen LogP contribution in [0.5, 0.6) is 0 Å². The normalized spacial score (nSPS) is 28.3. The van der Waals surface area contributed by atoms with Gasteiger partial charge in [0.15, 0.2) is 0 Å². The highest BCUT2D eigenvalue weighted by molar-refractivity contribution is 5.90. The van der Waals surface area contributed by atoms with Crippen LogP contribution < -0.4 is 0 Å². The van der Waals surface area contributed by atoms with E-state index in [9.17, 15) is 0 Å². The molecule has 2 unspecified atom stereocenters. The summed E-state index contributed by atoms with van der Waals surface area (Å²) in [6.45, 7) is 13.8. The van der Waals surface area contributed by atoms with Crippen molar-refractivity contribution in [3.8, 4) is 0 Å². The van der Waals surface area contributed by atoms with Crippen LogP contribution in [0.2, 0.25) is 0 Å². The molecule has 0 radical (unpaired) electrons. The van der Waals surface area contributed by atoms with E-state index in [2.05, 4.69) is 53.7 Å². The monoisotopic (exact) mass is 249 g/mol. The van der Waals surface area contributed by atoms with Crippen LogP contribution in [0.1, 0.15) is 73.6 Å². The summed E-state index contributed by atoms with van der Waals surface area (Å²) in [6, 6.07) is 0. The van der Waals surface area contributed by atoms with Gasteiger partial charge in [-0.2, -0.15) is 0 Å². The number of rotatable bonds is 7. The molecule has 1 aliphatic carbocycles. The van der Waals surface area contributed by atoms with Crippen molar-refractivity contribution in [2.75, 3.05) is 0 Å². The van der Waals surface area contributed by atoms with E-state index in [1.807, 2.05) is 0 Å². The average Bonchev–Trinajstić information content (AvgIpc) is 2.38. The predicted molar refractivity (Wildman–Crippen MR) is 82.4 cm³/mol. The Morgan fingerprint density at radius 1 is 1.17 bits per heavy atom. The van der Waals surface area contributed by atoms with E-state index in [1.54, 1.807) is 0 Å². The maximum atomic E-state index is 5.25. The largest absolute Gasteiger partial charge is 0.282 e. The Labute approximate surface area is 114 Å². The zero-order valence-corrected chi connectivity index (χ0v) is 13.2. The van der Waals surface area contributed by atoms with Crippen molar-refractivity contribution in [1.29, 1.82) is 0 Å². The van der Waals surface area contributed by atoms with Gasteiger partial charge >= 0.3 is 0 Å². The fourth-order valence-electron chi connectivity index (χ4n) is 3.07. The molecule has 18 heavy (non-hydrogen) atoms. The Kier molecular flexibility index (Phi) is 5.19. The van der Waals surface area contributed by atoms with Crippen molar-refractivity contribution in [3.63, 3.8) is 0 Å².